The second-order valence-corrected chi connectivity index (χ2v) is 2.55. The lowest BCUT2D eigenvalue weighted by molar-refractivity contribution is -0.700. The van der Waals surface area contributed by atoms with Crippen LogP contribution in [0.25, 0.3) is 0 Å². The summed E-state index contributed by atoms with van der Waals surface area (Å²) in [7, 11) is 0. The van der Waals surface area contributed by atoms with Crippen LogP contribution in [0.5, 0.6) is 0 Å². The zero-order valence-electron chi connectivity index (χ0n) is 7.03. The van der Waals surface area contributed by atoms with E-state index in [1.807, 2.05) is 35.9 Å². The maximum Gasteiger partial charge on any atom is 0.314 e. The lowest BCUT2D eigenvalue weighted by Gasteiger charge is -1.97. The number of carboxylic acid groups (broad SMARTS) is 1. The summed E-state index contributed by atoms with van der Waals surface area (Å²) in [6, 6.07) is 5.58. The van der Waals surface area contributed by atoms with E-state index in [1.165, 1.54) is 0 Å². The molecule has 1 aromatic heterocycles. The van der Waals surface area contributed by atoms with Crippen LogP contribution in [0.3, 0.4) is 0 Å². The third kappa shape index (κ3) is 2.05. The Balaban J connectivity index is 2.89. The number of carbonyl (C=O) groups is 1. The van der Waals surface area contributed by atoms with E-state index >= 15 is 0 Å². The molecule has 0 spiro atoms. The number of hydrogen-bond donors (Lipinski definition) is 1. The molecule has 64 valence electrons. The lowest BCUT2D eigenvalue weighted by atomic mass is 10.2. The van der Waals surface area contributed by atoms with Crippen molar-refractivity contribution in [1.29, 1.82) is 0 Å². The number of aryl methyl sites for hydroxylation is 1. The topological polar surface area (TPSA) is 41.2 Å². The van der Waals surface area contributed by atoms with Gasteiger partial charge in [0.15, 0.2) is 11.9 Å². The zero-order valence-corrected chi connectivity index (χ0v) is 7.03. The highest BCUT2D eigenvalue weighted by Gasteiger charge is 2.10. The van der Waals surface area contributed by atoms with Crippen molar-refractivity contribution in [1.82, 2.24) is 0 Å². The normalized spacial score (nSPS) is 9.75. The van der Waals surface area contributed by atoms with Crippen LogP contribution in [0.2, 0.25) is 0 Å². The van der Waals surface area contributed by atoms with Crippen molar-refractivity contribution in [2.45, 2.75) is 19.9 Å². The van der Waals surface area contributed by atoms with Gasteiger partial charge in [0.2, 0.25) is 0 Å². The summed E-state index contributed by atoms with van der Waals surface area (Å²) in [4.78, 5) is 10.4. The molecule has 0 saturated carbocycles. The van der Waals surface area contributed by atoms with E-state index in [2.05, 4.69) is 0 Å². The van der Waals surface area contributed by atoms with E-state index in [0.29, 0.717) is 0 Å². The molecular formula is C9H12NO2+. The first-order chi connectivity index (χ1) is 5.74. The van der Waals surface area contributed by atoms with Crippen LogP contribution >= 0.6 is 0 Å². The molecule has 0 atom stereocenters. The Kier molecular flexibility index (Phi) is 2.80. The maximum absolute atomic E-state index is 10.4. The number of carboxylic acids is 1. The van der Waals surface area contributed by atoms with Crippen molar-refractivity contribution in [3.05, 3.63) is 30.1 Å². The van der Waals surface area contributed by atoms with E-state index in [4.69, 9.17) is 5.11 Å². The second kappa shape index (κ2) is 3.85. The Morgan fingerprint density at radius 2 is 2.33 bits per heavy atom. The molecular weight excluding hydrogens is 154 g/mol. The maximum atomic E-state index is 10.4. The molecule has 0 fully saturated rings. The van der Waals surface area contributed by atoms with Gasteiger partial charge in [0, 0.05) is 12.1 Å². The monoisotopic (exact) mass is 166 g/mol. The summed E-state index contributed by atoms with van der Waals surface area (Å²) in [6.07, 6.45) is 1.98. The summed E-state index contributed by atoms with van der Waals surface area (Å²) in [5.74, 6) is -0.789. The highest BCUT2D eigenvalue weighted by Crippen LogP contribution is 1.92. The molecule has 3 nitrogen and oxygen atoms in total. The van der Waals surface area contributed by atoms with Crippen molar-refractivity contribution < 1.29 is 14.5 Å². The van der Waals surface area contributed by atoms with Crippen molar-refractivity contribution >= 4 is 5.97 Å². The standard InChI is InChI=1S/C9H11NO2/c1-2-10-6-4-3-5-8(10)7-9(11)12/h3-6H,2,7H2,1H3/p+1. The average molecular weight is 166 g/mol. The summed E-state index contributed by atoms with van der Waals surface area (Å²) >= 11 is 0. The number of nitrogens with zero attached hydrogens (tertiary/aromatic N) is 1. The molecule has 0 aliphatic heterocycles. The number of aromatic nitrogens is 1. The minimum atomic E-state index is -0.789. The van der Waals surface area contributed by atoms with Gasteiger partial charge in [0.05, 0.1) is 0 Å². The third-order valence-electron chi connectivity index (χ3n) is 1.71. The Bertz CT molecular complexity index is 284. The van der Waals surface area contributed by atoms with Crippen LogP contribution in [0.15, 0.2) is 24.4 Å². The summed E-state index contributed by atoms with van der Waals surface area (Å²) in [5.41, 5.74) is 0.840. The quantitative estimate of drug-likeness (QED) is 0.669. The van der Waals surface area contributed by atoms with Crippen molar-refractivity contribution in [3.63, 3.8) is 0 Å². The smallest absolute Gasteiger partial charge is 0.314 e. The molecule has 0 aliphatic rings. The van der Waals surface area contributed by atoms with Crippen molar-refractivity contribution in [2.24, 2.45) is 0 Å². The first-order valence-corrected chi connectivity index (χ1v) is 3.93. The third-order valence-corrected chi connectivity index (χ3v) is 1.71. The number of rotatable bonds is 3. The average Bonchev–Trinajstić information content (AvgIpc) is 2.04. The zero-order chi connectivity index (χ0) is 8.97. The molecule has 1 aromatic rings. The van der Waals surface area contributed by atoms with Gasteiger partial charge in [-0.05, 0) is 6.92 Å². The second-order valence-electron chi connectivity index (χ2n) is 2.55. The van der Waals surface area contributed by atoms with Gasteiger partial charge in [-0.3, -0.25) is 4.79 Å². The number of aliphatic carboxylic acids is 1. The molecule has 0 aromatic carbocycles. The summed E-state index contributed by atoms with van der Waals surface area (Å²) in [5, 5.41) is 8.57. The Hall–Kier alpha value is -1.38. The fourth-order valence-corrected chi connectivity index (χ4v) is 1.14. The van der Waals surface area contributed by atoms with Gasteiger partial charge in [-0.25, -0.2) is 4.57 Å². The van der Waals surface area contributed by atoms with Crippen LogP contribution in [0.4, 0.5) is 0 Å². The minimum Gasteiger partial charge on any atom is -0.481 e. The van der Waals surface area contributed by atoms with Gasteiger partial charge in [0.1, 0.15) is 13.0 Å². The summed E-state index contributed by atoms with van der Waals surface area (Å²) < 4.78 is 1.92. The molecule has 0 unspecified atom stereocenters. The van der Waals surface area contributed by atoms with Crippen molar-refractivity contribution in [2.75, 3.05) is 0 Å². The van der Waals surface area contributed by atoms with Gasteiger partial charge >= 0.3 is 5.97 Å². The minimum absolute atomic E-state index is 0.0919. The van der Waals surface area contributed by atoms with Crippen LogP contribution in [-0.2, 0) is 17.8 Å². The van der Waals surface area contributed by atoms with Gasteiger partial charge in [-0.15, -0.1) is 0 Å². The molecule has 1 N–H and O–H groups in total. The van der Waals surface area contributed by atoms with E-state index in [0.717, 1.165) is 12.2 Å². The van der Waals surface area contributed by atoms with E-state index in [-0.39, 0.29) is 6.42 Å². The van der Waals surface area contributed by atoms with Gasteiger partial charge in [0.25, 0.3) is 0 Å². The Morgan fingerprint density at radius 1 is 1.58 bits per heavy atom. The van der Waals surface area contributed by atoms with Crippen molar-refractivity contribution in [3.8, 4) is 0 Å². The van der Waals surface area contributed by atoms with Gasteiger partial charge < -0.3 is 5.11 Å². The van der Waals surface area contributed by atoms with Crippen LogP contribution in [0.1, 0.15) is 12.6 Å². The Morgan fingerprint density at radius 3 is 2.92 bits per heavy atom. The van der Waals surface area contributed by atoms with Crippen LogP contribution in [-0.4, -0.2) is 11.1 Å². The molecule has 0 aliphatic carbocycles. The van der Waals surface area contributed by atoms with E-state index < -0.39 is 5.97 Å². The fraction of sp³-hybridized carbons (Fsp3) is 0.333. The van der Waals surface area contributed by atoms with Crippen LogP contribution in [0, 0.1) is 0 Å². The van der Waals surface area contributed by atoms with E-state index in [1.54, 1.807) is 0 Å². The number of hydrogen-bond acceptors (Lipinski definition) is 1. The predicted molar refractivity (Wildman–Crippen MR) is 43.7 cm³/mol. The van der Waals surface area contributed by atoms with E-state index in [9.17, 15) is 4.79 Å². The highest BCUT2D eigenvalue weighted by molar-refractivity contribution is 5.69. The molecule has 12 heavy (non-hydrogen) atoms. The number of pyridine rings is 1. The SMILES string of the molecule is CC[n+]1ccccc1CC(=O)O. The lowest BCUT2D eigenvalue weighted by Crippen LogP contribution is -2.37. The highest BCUT2D eigenvalue weighted by atomic mass is 16.4. The Labute approximate surface area is 71.3 Å². The first-order valence-electron chi connectivity index (χ1n) is 3.93. The molecule has 1 heterocycles. The van der Waals surface area contributed by atoms with Gasteiger partial charge in [-0.2, -0.15) is 0 Å². The first kappa shape index (κ1) is 8.71. The molecule has 3 heteroatoms. The summed E-state index contributed by atoms with van der Waals surface area (Å²) in [6.45, 7) is 2.80. The molecule has 0 bridgehead atoms. The van der Waals surface area contributed by atoms with Crippen LogP contribution < -0.4 is 4.57 Å². The molecule has 0 saturated heterocycles. The predicted octanol–water partition coefficient (Wildman–Crippen LogP) is 0.621. The van der Waals surface area contributed by atoms with Gasteiger partial charge in [-0.1, -0.05) is 6.07 Å². The molecule has 0 radical (unpaired) electrons. The largest absolute Gasteiger partial charge is 0.481 e. The molecule has 0 amide bonds. The fourth-order valence-electron chi connectivity index (χ4n) is 1.14. The molecule has 1 rings (SSSR count).